The van der Waals surface area contributed by atoms with Gasteiger partial charge in [-0.3, -0.25) is 0 Å². The van der Waals surface area contributed by atoms with Gasteiger partial charge >= 0.3 is 23.1 Å². The first-order chi connectivity index (χ1) is 16.9. The largest absolute Gasteiger partial charge is 2.00 e. The predicted molar refractivity (Wildman–Crippen MR) is 159 cm³/mol. The Labute approximate surface area is 255 Å². The van der Waals surface area contributed by atoms with Gasteiger partial charge < -0.3 is 26.1 Å². The van der Waals surface area contributed by atoms with Crippen LogP contribution in [0, 0.1) is 19.9 Å². The zero-order valence-corrected chi connectivity index (χ0v) is 26.3. The van der Waals surface area contributed by atoms with E-state index in [0.29, 0.717) is 0 Å². The van der Waals surface area contributed by atoms with Crippen molar-refractivity contribution >= 4 is 60.8 Å². The number of hydrogen-bond donors (Lipinski definition) is 0. The summed E-state index contributed by atoms with van der Waals surface area (Å²) in [6.07, 6.45) is 4.28. The fourth-order valence-electron chi connectivity index (χ4n) is 4.07. The molecular formula is C32H30Br2MgN2. The van der Waals surface area contributed by atoms with E-state index >= 15 is 0 Å². The quantitative estimate of drug-likeness (QED) is 0.168. The minimum absolute atomic E-state index is 0. The van der Waals surface area contributed by atoms with Crippen molar-refractivity contribution in [3.63, 3.8) is 0 Å². The van der Waals surface area contributed by atoms with Gasteiger partial charge in [0.25, 0.3) is 0 Å². The third kappa shape index (κ3) is 7.84. The van der Waals surface area contributed by atoms with E-state index in [2.05, 4.69) is 131 Å². The van der Waals surface area contributed by atoms with Crippen molar-refractivity contribution in [1.82, 2.24) is 9.13 Å². The standard InChI is InChI=1S/C16H15N.C9H8BrN.C7H7.BrH.Mg/c1-12-7-9-13(10-8-12)15-11-17(2)16-6-4-3-5-14(15)16;1-11-6-8(10)7-4-2-3-5-9(7)11;1-7-5-3-2-4-6-7;;/h3-11H,1-2H3;2-6H,1H3;3-6H,1H3;1H;/q;;-1;;+2/p-1. The number of para-hydroxylation sites is 2. The zero-order chi connectivity index (χ0) is 24.8. The van der Waals surface area contributed by atoms with Crippen LogP contribution in [0.3, 0.4) is 0 Å². The summed E-state index contributed by atoms with van der Waals surface area (Å²) < 4.78 is 5.46. The molecule has 0 saturated heterocycles. The molecule has 5 heteroatoms. The first-order valence-electron chi connectivity index (χ1n) is 11.7. The van der Waals surface area contributed by atoms with Crippen LogP contribution in [0.15, 0.2) is 114 Å². The number of hydrogen-bond acceptors (Lipinski definition) is 0. The van der Waals surface area contributed by atoms with Crippen molar-refractivity contribution in [1.29, 1.82) is 0 Å². The molecule has 4 aromatic carbocycles. The van der Waals surface area contributed by atoms with Gasteiger partial charge in [0.2, 0.25) is 0 Å². The van der Waals surface area contributed by atoms with Gasteiger partial charge in [0.1, 0.15) is 0 Å². The van der Waals surface area contributed by atoms with Gasteiger partial charge in [0.15, 0.2) is 0 Å². The van der Waals surface area contributed by atoms with E-state index in [-0.39, 0.29) is 40.0 Å². The fraction of sp³-hybridized carbons (Fsp3) is 0.125. The average molecular weight is 627 g/mol. The van der Waals surface area contributed by atoms with Gasteiger partial charge in [0.05, 0.1) is 0 Å². The number of aromatic nitrogens is 2. The molecule has 0 atom stereocenters. The number of rotatable bonds is 1. The smallest absolute Gasteiger partial charge is 1.00 e. The molecule has 37 heavy (non-hydrogen) atoms. The van der Waals surface area contributed by atoms with Crippen LogP contribution in [0.1, 0.15) is 11.1 Å². The minimum atomic E-state index is 0. The molecule has 0 fully saturated rings. The second kappa shape index (κ2) is 14.6. The summed E-state index contributed by atoms with van der Waals surface area (Å²) in [5, 5.41) is 2.59. The maximum atomic E-state index is 3.50. The molecule has 0 N–H and O–H groups in total. The Morgan fingerprint density at radius 2 is 1.11 bits per heavy atom. The Hall–Kier alpha value is -2.31. The maximum absolute atomic E-state index is 3.50. The number of nitrogens with zero attached hydrogens (tertiary/aromatic N) is 2. The number of aryl methyl sites for hydroxylation is 4. The topological polar surface area (TPSA) is 9.86 Å². The Kier molecular flexibility index (Phi) is 12.2. The average Bonchev–Trinajstić information content (AvgIpc) is 3.37. The van der Waals surface area contributed by atoms with Crippen LogP contribution >= 0.6 is 15.9 Å². The Morgan fingerprint density at radius 3 is 1.65 bits per heavy atom. The molecule has 0 saturated carbocycles. The molecule has 2 heterocycles. The van der Waals surface area contributed by atoms with Crippen LogP contribution < -0.4 is 17.0 Å². The minimum Gasteiger partial charge on any atom is -1.00 e. The van der Waals surface area contributed by atoms with Crippen molar-refractivity contribution in [2.45, 2.75) is 13.8 Å². The molecule has 2 nitrogen and oxygen atoms in total. The van der Waals surface area contributed by atoms with Crippen LogP contribution in [0.4, 0.5) is 0 Å². The van der Waals surface area contributed by atoms with E-state index in [1.54, 1.807) is 0 Å². The number of halogens is 2. The second-order valence-electron chi connectivity index (χ2n) is 8.72. The molecule has 0 aliphatic rings. The van der Waals surface area contributed by atoms with Crippen LogP contribution in [0.2, 0.25) is 0 Å². The van der Waals surface area contributed by atoms with Crippen LogP contribution in [-0.4, -0.2) is 32.2 Å². The summed E-state index contributed by atoms with van der Waals surface area (Å²) >= 11 is 3.50. The third-order valence-electron chi connectivity index (χ3n) is 5.99. The number of fused-ring (bicyclic) bond motifs is 2. The van der Waals surface area contributed by atoms with Gasteiger partial charge in [-0.05, 0) is 40.5 Å². The third-order valence-corrected chi connectivity index (χ3v) is 6.62. The fourth-order valence-corrected chi connectivity index (χ4v) is 4.71. The van der Waals surface area contributed by atoms with Crippen LogP contribution in [0.5, 0.6) is 0 Å². The van der Waals surface area contributed by atoms with Crippen molar-refractivity contribution in [2.75, 3.05) is 0 Å². The second-order valence-corrected chi connectivity index (χ2v) is 9.57. The molecule has 0 bridgehead atoms. The monoisotopic (exact) mass is 624 g/mol. The summed E-state index contributed by atoms with van der Waals surface area (Å²) in [4.78, 5) is 0. The molecule has 6 rings (SSSR count). The Balaban J connectivity index is 0.000000208. The van der Waals surface area contributed by atoms with E-state index in [4.69, 9.17) is 0 Å². The molecule has 0 unspecified atom stereocenters. The summed E-state index contributed by atoms with van der Waals surface area (Å²) in [6.45, 7) is 4.18. The summed E-state index contributed by atoms with van der Waals surface area (Å²) in [6, 6.07) is 36.4. The van der Waals surface area contributed by atoms with Gasteiger partial charge in [-0.15, -0.1) is 0 Å². The van der Waals surface area contributed by atoms with Crippen LogP contribution in [-0.2, 0) is 14.1 Å². The number of benzene rings is 4. The molecule has 0 amide bonds. The van der Waals surface area contributed by atoms with Gasteiger partial charge in [-0.2, -0.15) is 35.9 Å². The van der Waals surface area contributed by atoms with E-state index < -0.39 is 0 Å². The van der Waals surface area contributed by atoms with E-state index in [9.17, 15) is 0 Å². The molecule has 2 aromatic heterocycles. The Morgan fingerprint density at radius 1 is 0.622 bits per heavy atom. The van der Waals surface area contributed by atoms with Gasteiger partial charge in [-0.1, -0.05) is 73.2 Å². The summed E-state index contributed by atoms with van der Waals surface area (Å²) in [5.74, 6) is 0. The SMILES string of the molecule is Cc1cc[c-]cc1.Cc1ccc(-c2cn(C)c3ccccc23)cc1.Cn1cc(Br)c2ccccc21.[Br-].[Mg+2]. The van der Waals surface area contributed by atoms with E-state index in [1.165, 1.54) is 44.1 Å². The Bertz CT molecular complexity index is 1500. The first kappa shape index (κ1) is 30.9. The molecular weight excluding hydrogens is 596 g/mol. The zero-order valence-electron chi connectivity index (χ0n) is 21.7. The molecule has 0 aliphatic heterocycles. The molecule has 6 aromatic rings. The predicted octanol–water partition coefficient (Wildman–Crippen LogP) is 5.51. The molecule has 184 valence electrons. The van der Waals surface area contributed by atoms with Gasteiger partial charge in [-0.25, -0.2) is 0 Å². The summed E-state index contributed by atoms with van der Waals surface area (Å²) in [5.41, 5.74) is 7.73. The first-order valence-corrected chi connectivity index (χ1v) is 12.5. The normalized spacial score (nSPS) is 9.86. The summed E-state index contributed by atoms with van der Waals surface area (Å²) in [7, 11) is 4.15. The van der Waals surface area contributed by atoms with E-state index in [1.807, 2.05) is 37.4 Å². The van der Waals surface area contributed by atoms with Crippen molar-refractivity contribution < 1.29 is 17.0 Å². The van der Waals surface area contributed by atoms with E-state index in [0.717, 1.165) is 4.47 Å². The van der Waals surface area contributed by atoms with Crippen molar-refractivity contribution in [3.05, 3.63) is 131 Å². The molecule has 0 spiro atoms. The van der Waals surface area contributed by atoms with Crippen LogP contribution in [0.25, 0.3) is 32.9 Å². The van der Waals surface area contributed by atoms with Crippen molar-refractivity contribution in [2.24, 2.45) is 14.1 Å². The van der Waals surface area contributed by atoms with Gasteiger partial charge in [0, 0.05) is 58.3 Å². The van der Waals surface area contributed by atoms with Crippen molar-refractivity contribution in [3.8, 4) is 11.1 Å². The molecule has 0 aliphatic carbocycles. The maximum Gasteiger partial charge on any atom is 2.00 e. The molecule has 0 radical (unpaired) electrons.